The molecule has 0 saturated heterocycles. The zero-order valence-corrected chi connectivity index (χ0v) is 17.5. The maximum absolute atomic E-state index is 12.8. The van der Waals surface area contributed by atoms with Gasteiger partial charge in [-0.3, -0.25) is 4.79 Å². The Labute approximate surface area is 173 Å². The Morgan fingerprint density at radius 3 is 2.55 bits per heavy atom. The van der Waals surface area contributed by atoms with Crippen LogP contribution in [0.2, 0.25) is 0 Å². The van der Waals surface area contributed by atoms with Gasteiger partial charge < -0.3 is 10.3 Å². The quantitative estimate of drug-likeness (QED) is 0.158. The van der Waals surface area contributed by atoms with E-state index in [1.165, 1.54) is 6.08 Å². The molecule has 7 nitrogen and oxygen atoms in total. The van der Waals surface area contributed by atoms with E-state index < -0.39 is 34.5 Å². The molecule has 1 aromatic rings. The van der Waals surface area contributed by atoms with Gasteiger partial charge in [0.1, 0.15) is 17.6 Å². The number of nitrogens with one attached hydrogen (secondary N) is 1. The number of aryl methyl sites for hydroxylation is 1. The number of ketones is 1. The van der Waals surface area contributed by atoms with Gasteiger partial charge in [0.05, 0.1) is 4.90 Å². The molecule has 1 unspecified atom stereocenters. The normalized spacial score (nSPS) is 16.3. The first-order chi connectivity index (χ1) is 14.0. The van der Waals surface area contributed by atoms with Crippen LogP contribution in [0.4, 0.5) is 0 Å². The molecule has 8 heteroatoms. The summed E-state index contributed by atoms with van der Waals surface area (Å²) >= 11 is 0. The topological polar surface area (TPSA) is 109 Å². The lowest BCUT2D eigenvalue weighted by Gasteiger charge is -2.29. The largest absolute Gasteiger partial charge is 0.453 e. The number of Topliss-reactive ketones (excluding diaryl/α,β-unsaturated/α-hetero) is 1. The van der Waals surface area contributed by atoms with Crippen molar-refractivity contribution in [1.29, 1.82) is 0 Å². The molecule has 1 aromatic carbocycles. The molecule has 0 bridgehead atoms. The molecular weight excluding hydrogens is 390 g/mol. The van der Waals surface area contributed by atoms with E-state index in [9.17, 15) is 13.8 Å². The number of nitrogens with zero attached hydrogens (tertiary/aromatic N) is 2. The van der Waals surface area contributed by atoms with Crippen LogP contribution >= 0.6 is 0 Å². The van der Waals surface area contributed by atoms with Crippen LogP contribution in [-0.2, 0) is 25.3 Å². The van der Waals surface area contributed by atoms with Crippen molar-refractivity contribution in [2.75, 3.05) is 6.61 Å². The van der Waals surface area contributed by atoms with Gasteiger partial charge >= 0.3 is 11.7 Å². The fourth-order valence-corrected chi connectivity index (χ4v) is 4.49. The van der Waals surface area contributed by atoms with Crippen molar-refractivity contribution in [2.24, 2.45) is 5.92 Å². The van der Waals surface area contributed by atoms with Gasteiger partial charge in [0.15, 0.2) is 0 Å². The van der Waals surface area contributed by atoms with Crippen LogP contribution in [0.1, 0.15) is 44.1 Å². The Kier molecular flexibility index (Phi) is 9.12. The fraction of sp³-hybridized carbons (Fsp3) is 0.476. The maximum atomic E-state index is 12.8. The average Bonchev–Trinajstić information content (AvgIpc) is 2.73. The third-order valence-electron chi connectivity index (χ3n) is 5.01. The summed E-state index contributed by atoms with van der Waals surface area (Å²) in [4.78, 5) is 28.0. The molecule has 1 aliphatic rings. The lowest BCUT2D eigenvalue weighted by Crippen LogP contribution is -2.42. The van der Waals surface area contributed by atoms with Crippen LogP contribution in [0.3, 0.4) is 0 Å². The van der Waals surface area contributed by atoms with Gasteiger partial charge in [-0.25, -0.2) is 13.7 Å². The number of esters is 1. The summed E-state index contributed by atoms with van der Waals surface area (Å²) < 4.78 is 20.7. The van der Waals surface area contributed by atoms with E-state index in [1.807, 2.05) is 19.1 Å². The second-order valence-electron chi connectivity index (χ2n) is 7.17. The van der Waals surface area contributed by atoms with Crippen molar-refractivity contribution in [3.05, 3.63) is 48.0 Å². The molecular formula is C21H27N3O4S. The molecule has 1 saturated carbocycles. The van der Waals surface area contributed by atoms with Crippen LogP contribution in [0, 0.1) is 12.8 Å². The molecule has 0 heterocycles. The highest BCUT2D eigenvalue weighted by molar-refractivity contribution is 7.83. The van der Waals surface area contributed by atoms with E-state index in [0.717, 1.165) is 37.7 Å². The molecule has 1 aliphatic carbocycles. The number of carbonyl (C=O) groups is 2. The molecule has 0 aliphatic heterocycles. The predicted octanol–water partition coefficient (Wildman–Crippen LogP) is 2.92. The minimum Gasteiger partial charge on any atom is -0.453 e. The van der Waals surface area contributed by atoms with Gasteiger partial charge in [0.2, 0.25) is 0 Å². The van der Waals surface area contributed by atoms with Gasteiger partial charge in [0.25, 0.3) is 5.78 Å². The molecule has 156 valence electrons. The van der Waals surface area contributed by atoms with Gasteiger partial charge in [-0.05, 0) is 37.8 Å². The molecule has 1 fully saturated rings. The van der Waals surface area contributed by atoms with Crippen molar-refractivity contribution in [3.8, 4) is 0 Å². The van der Waals surface area contributed by atoms with Crippen molar-refractivity contribution >= 4 is 28.4 Å². The van der Waals surface area contributed by atoms with Crippen molar-refractivity contribution in [1.82, 2.24) is 4.72 Å². The third kappa shape index (κ3) is 6.85. The summed E-state index contributed by atoms with van der Waals surface area (Å²) in [7, 11) is -1.50. The Bertz CT molecular complexity index is 810. The van der Waals surface area contributed by atoms with Crippen LogP contribution in [0.15, 0.2) is 41.8 Å². The first kappa shape index (κ1) is 22.9. The first-order valence-electron chi connectivity index (χ1n) is 9.74. The number of hydrogen-bond donors (Lipinski definition) is 1. The Morgan fingerprint density at radius 1 is 1.31 bits per heavy atom. The Hall–Kier alpha value is -2.41. The Balaban J connectivity index is 2.14. The summed E-state index contributed by atoms with van der Waals surface area (Å²) in [5.74, 6) is -1.50. The number of rotatable bonds is 10. The minimum atomic E-state index is -1.50. The molecule has 0 aromatic heterocycles. The molecule has 0 radical (unpaired) electrons. The third-order valence-corrected chi connectivity index (χ3v) is 6.22. The van der Waals surface area contributed by atoms with E-state index in [4.69, 9.17) is 10.3 Å². The fourth-order valence-electron chi connectivity index (χ4n) is 3.42. The standard InChI is InChI=1S/C21H27N3O4S/c1-3-13-28-21(26)20(23-22)19(25)14-18(16-7-5-4-6-8-16)24-29(27)17-11-9-15(2)10-12-17/h3,9-12,16,18,24H,1,4-8,13-14H2,2H3/t18-,29?/m1/s1. The zero-order valence-electron chi connectivity index (χ0n) is 16.6. The van der Waals surface area contributed by atoms with E-state index in [2.05, 4.69) is 16.1 Å². The summed E-state index contributed by atoms with van der Waals surface area (Å²) in [6.45, 7) is 5.29. The maximum Gasteiger partial charge on any atom is 0.441 e. The summed E-state index contributed by atoms with van der Waals surface area (Å²) in [5.41, 5.74) is 9.54. The summed E-state index contributed by atoms with van der Waals surface area (Å²) in [5, 5.41) is 0. The smallest absolute Gasteiger partial charge is 0.441 e. The zero-order chi connectivity index (χ0) is 21.2. The monoisotopic (exact) mass is 417 g/mol. The van der Waals surface area contributed by atoms with E-state index in [0.29, 0.717) is 4.90 Å². The highest BCUT2D eigenvalue weighted by atomic mass is 32.2. The van der Waals surface area contributed by atoms with Crippen molar-refractivity contribution < 1.29 is 23.3 Å². The number of carbonyl (C=O) groups excluding carboxylic acids is 2. The Morgan fingerprint density at radius 2 is 1.97 bits per heavy atom. The van der Waals surface area contributed by atoms with Crippen LogP contribution < -0.4 is 4.72 Å². The van der Waals surface area contributed by atoms with Gasteiger partial charge in [0, 0.05) is 12.5 Å². The SMILES string of the molecule is C=CCOC(=O)C(=[N+]=[N-])C(=O)C[C@@H](NS(=O)c1ccc(C)cc1)C1CCCCC1. The van der Waals surface area contributed by atoms with Crippen LogP contribution in [0.5, 0.6) is 0 Å². The number of ether oxygens (including phenoxy) is 1. The first-order valence-corrected chi connectivity index (χ1v) is 10.9. The predicted molar refractivity (Wildman–Crippen MR) is 110 cm³/mol. The molecule has 0 amide bonds. The summed E-state index contributed by atoms with van der Waals surface area (Å²) in [6, 6.07) is 6.91. The van der Waals surface area contributed by atoms with Gasteiger partial charge in [-0.1, -0.05) is 49.6 Å². The lowest BCUT2D eigenvalue weighted by atomic mass is 9.82. The molecule has 2 rings (SSSR count). The van der Waals surface area contributed by atoms with Crippen LogP contribution in [-0.4, -0.2) is 39.1 Å². The van der Waals surface area contributed by atoms with Gasteiger partial charge in [-0.2, -0.15) is 4.79 Å². The van der Waals surface area contributed by atoms with E-state index >= 15 is 0 Å². The second-order valence-corrected chi connectivity index (χ2v) is 8.41. The van der Waals surface area contributed by atoms with E-state index in [1.54, 1.807) is 12.1 Å². The average molecular weight is 418 g/mol. The number of hydrogen-bond acceptors (Lipinski definition) is 4. The highest BCUT2D eigenvalue weighted by Crippen LogP contribution is 2.28. The second kappa shape index (κ2) is 11.6. The molecule has 2 atom stereocenters. The van der Waals surface area contributed by atoms with Crippen molar-refractivity contribution in [2.45, 2.75) is 56.4 Å². The lowest BCUT2D eigenvalue weighted by molar-refractivity contribution is -0.141. The molecule has 0 spiro atoms. The summed E-state index contributed by atoms with van der Waals surface area (Å²) in [6.07, 6.45) is 6.27. The van der Waals surface area contributed by atoms with Crippen LogP contribution in [0.25, 0.3) is 5.53 Å². The molecule has 1 N–H and O–H groups in total. The molecule has 29 heavy (non-hydrogen) atoms. The van der Waals surface area contributed by atoms with Crippen molar-refractivity contribution in [3.63, 3.8) is 0 Å². The minimum absolute atomic E-state index is 0.0904. The number of benzene rings is 1. The van der Waals surface area contributed by atoms with E-state index in [-0.39, 0.29) is 18.9 Å². The van der Waals surface area contributed by atoms with Gasteiger partial charge in [-0.15, -0.1) is 0 Å². The highest BCUT2D eigenvalue weighted by Gasteiger charge is 2.36.